The smallest absolute Gasteiger partial charge is 0.358 e. The van der Waals surface area contributed by atoms with Crippen molar-refractivity contribution in [2.24, 2.45) is 0 Å². The van der Waals surface area contributed by atoms with Gasteiger partial charge in [-0.1, -0.05) is 11.6 Å². The van der Waals surface area contributed by atoms with Crippen molar-refractivity contribution < 1.29 is 13.7 Å². The molecule has 0 saturated heterocycles. The summed E-state index contributed by atoms with van der Waals surface area (Å²) in [6.45, 7) is 0. The van der Waals surface area contributed by atoms with Crippen LogP contribution in [0.1, 0.15) is 12.0 Å². The lowest BCUT2D eigenvalue weighted by molar-refractivity contribution is -0.390. The molecule has 0 spiro atoms. The molecule has 0 aliphatic rings. The van der Waals surface area contributed by atoms with Crippen molar-refractivity contribution in [3.8, 4) is 0 Å². The van der Waals surface area contributed by atoms with Gasteiger partial charge in [-0.2, -0.15) is 0 Å². The molecule has 1 heterocycles. The lowest BCUT2D eigenvalue weighted by Gasteiger charge is -2.02. The first-order valence-electron chi connectivity index (χ1n) is 3.21. The van der Waals surface area contributed by atoms with Crippen LogP contribution >= 0.6 is 34.2 Å². The van der Waals surface area contributed by atoms with Crippen molar-refractivity contribution >= 4 is 40.0 Å². The zero-order chi connectivity index (χ0) is 10.9. The van der Waals surface area contributed by atoms with Crippen LogP contribution in [0.3, 0.4) is 0 Å². The Kier molecular flexibility index (Phi) is 3.53. The molecule has 76 valence electrons. The van der Waals surface area contributed by atoms with E-state index in [0.717, 1.165) is 0 Å². The predicted octanol–water partition coefficient (Wildman–Crippen LogP) is 3.19. The van der Waals surface area contributed by atoms with Gasteiger partial charge in [-0.15, -0.1) is 0 Å². The fraction of sp³-hybridized carbons (Fsp3) is 0.167. The molecule has 0 radical (unpaired) electrons. The van der Waals surface area contributed by atoms with Gasteiger partial charge in [0.25, 0.3) is 6.43 Å². The van der Waals surface area contributed by atoms with Crippen LogP contribution in [0, 0.1) is 13.7 Å². The average Bonchev–Trinajstić information content (AvgIpc) is 2.08. The van der Waals surface area contributed by atoms with Crippen molar-refractivity contribution in [2.75, 3.05) is 0 Å². The largest absolute Gasteiger partial charge is 0.378 e. The highest BCUT2D eigenvalue weighted by atomic mass is 127. The third kappa shape index (κ3) is 2.08. The van der Waals surface area contributed by atoms with Gasteiger partial charge in [-0.05, 0) is 32.5 Å². The molecule has 0 N–H and O–H groups in total. The number of nitrogens with zero attached hydrogens (tertiary/aromatic N) is 2. The molecule has 0 amide bonds. The predicted molar refractivity (Wildman–Crippen MR) is 53.6 cm³/mol. The van der Waals surface area contributed by atoms with E-state index < -0.39 is 22.7 Å². The Balaban J connectivity index is 3.33. The molecule has 0 unspecified atom stereocenters. The fourth-order valence-corrected chi connectivity index (χ4v) is 1.61. The molecular weight excluding hydrogens is 332 g/mol. The summed E-state index contributed by atoms with van der Waals surface area (Å²) in [5, 5.41) is 10.0. The maximum atomic E-state index is 12.2. The van der Waals surface area contributed by atoms with Crippen LogP contribution < -0.4 is 0 Å². The number of aromatic nitrogens is 1. The molecule has 4 nitrogen and oxygen atoms in total. The molecule has 0 aliphatic carbocycles. The van der Waals surface area contributed by atoms with Crippen molar-refractivity contribution in [2.45, 2.75) is 6.43 Å². The molecule has 1 aromatic rings. The normalized spacial score (nSPS) is 10.6. The first kappa shape index (κ1) is 11.5. The quantitative estimate of drug-likeness (QED) is 0.474. The number of alkyl halides is 2. The molecule has 0 atom stereocenters. The Labute approximate surface area is 95.6 Å². The fourth-order valence-electron chi connectivity index (χ4n) is 0.748. The van der Waals surface area contributed by atoms with E-state index in [0.29, 0.717) is 6.20 Å². The average molecular weight is 334 g/mol. The third-order valence-corrected chi connectivity index (χ3v) is 3.12. The number of hydrogen-bond donors (Lipinski definition) is 0. The van der Waals surface area contributed by atoms with Crippen LogP contribution in [0.5, 0.6) is 0 Å². The van der Waals surface area contributed by atoms with Crippen molar-refractivity contribution in [3.63, 3.8) is 0 Å². The van der Waals surface area contributed by atoms with Crippen LogP contribution in [0.4, 0.5) is 14.6 Å². The van der Waals surface area contributed by atoms with Gasteiger partial charge in [0, 0.05) is 0 Å². The van der Waals surface area contributed by atoms with E-state index in [9.17, 15) is 18.9 Å². The van der Waals surface area contributed by atoms with Crippen LogP contribution in [0.2, 0.25) is 5.02 Å². The number of rotatable bonds is 2. The van der Waals surface area contributed by atoms with Gasteiger partial charge < -0.3 is 10.1 Å². The van der Waals surface area contributed by atoms with Crippen molar-refractivity contribution in [1.82, 2.24) is 4.98 Å². The maximum absolute atomic E-state index is 12.2. The number of halogens is 4. The van der Waals surface area contributed by atoms with Crippen LogP contribution in [0.25, 0.3) is 0 Å². The highest BCUT2D eigenvalue weighted by Gasteiger charge is 2.24. The molecule has 0 fully saturated rings. The second kappa shape index (κ2) is 4.30. The Hall–Kier alpha value is -0.570. The summed E-state index contributed by atoms with van der Waals surface area (Å²) in [5.41, 5.74) is -0.498. The lowest BCUT2D eigenvalue weighted by Crippen LogP contribution is -1.99. The summed E-state index contributed by atoms with van der Waals surface area (Å²) in [7, 11) is 0. The summed E-state index contributed by atoms with van der Waals surface area (Å²) < 4.78 is 24.4. The molecule has 1 rings (SSSR count). The van der Waals surface area contributed by atoms with Gasteiger partial charge in [0.05, 0.1) is 10.6 Å². The van der Waals surface area contributed by atoms with Crippen LogP contribution in [-0.4, -0.2) is 9.91 Å². The zero-order valence-electron chi connectivity index (χ0n) is 6.38. The number of pyridine rings is 1. The number of hydrogen-bond acceptors (Lipinski definition) is 3. The summed E-state index contributed by atoms with van der Waals surface area (Å²) in [4.78, 5) is 12.9. The highest BCUT2D eigenvalue weighted by molar-refractivity contribution is 14.1. The molecule has 1 aromatic heterocycles. The second-order valence-corrected chi connectivity index (χ2v) is 3.68. The van der Waals surface area contributed by atoms with Gasteiger partial charge in [0.2, 0.25) is 0 Å². The van der Waals surface area contributed by atoms with Crippen LogP contribution in [0.15, 0.2) is 6.20 Å². The number of nitro groups is 1. The van der Waals surface area contributed by atoms with Crippen molar-refractivity contribution in [3.05, 3.63) is 30.5 Å². The lowest BCUT2D eigenvalue weighted by atomic mass is 10.3. The minimum absolute atomic E-state index is 0.0768. The topological polar surface area (TPSA) is 56.0 Å². The van der Waals surface area contributed by atoms with Gasteiger partial charge >= 0.3 is 5.82 Å². The monoisotopic (exact) mass is 334 g/mol. The Bertz CT molecular complexity index is 388. The van der Waals surface area contributed by atoms with Gasteiger partial charge in [0.1, 0.15) is 3.57 Å². The summed E-state index contributed by atoms with van der Waals surface area (Å²) in [5.74, 6) is -0.514. The molecule has 14 heavy (non-hydrogen) atoms. The Morgan fingerprint density at radius 3 is 2.64 bits per heavy atom. The molecular formula is C6H2ClF2IN2O2. The van der Waals surface area contributed by atoms with Crippen molar-refractivity contribution in [1.29, 1.82) is 0 Å². The summed E-state index contributed by atoms with van der Waals surface area (Å²) in [6, 6.07) is 0. The second-order valence-electron chi connectivity index (χ2n) is 2.22. The molecule has 0 bridgehead atoms. The van der Waals surface area contributed by atoms with Gasteiger partial charge in [-0.3, -0.25) is 0 Å². The Morgan fingerprint density at radius 1 is 1.64 bits per heavy atom. The molecule has 0 aliphatic heterocycles. The SMILES string of the molecule is O=[N+]([O-])c1ncc(C(F)F)c(Cl)c1I. The molecule has 0 saturated carbocycles. The Morgan fingerprint density at radius 2 is 2.21 bits per heavy atom. The van der Waals surface area contributed by atoms with E-state index in [1.54, 1.807) is 0 Å². The summed E-state index contributed by atoms with van der Waals surface area (Å²) >= 11 is 7.02. The van der Waals surface area contributed by atoms with E-state index >= 15 is 0 Å². The maximum Gasteiger partial charge on any atom is 0.378 e. The van der Waals surface area contributed by atoms with Gasteiger partial charge in [-0.25, -0.2) is 8.78 Å². The molecule has 8 heteroatoms. The molecule has 0 aromatic carbocycles. The minimum atomic E-state index is -2.79. The zero-order valence-corrected chi connectivity index (χ0v) is 9.29. The minimum Gasteiger partial charge on any atom is -0.358 e. The first-order valence-corrected chi connectivity index (χ1v) is 4.67. The third-order valence-electron chi connectivity index (χ3n) is 1.38. The van der Waals surface area contributed by atoms with E-state index in [4.69, 9.17) is 11.6 Å². The van der Waals surface area contributed by atoms with Crippen LogP contribution in [-0.2, 0) is 0 Å². The van der Waals surface area contributed by atoms with E-state index in [2.05, 4.69) is 4.98 Å². The van der Waals surface area contributed by atoms with Gasteiger partial charge in [0.15, 0.2) is 6.20 Å². The standard InChI is InChI=1S/C6H2ClF2IN2O2/c7-3-2(5(8)9)1-11-6(4(3)10)12(13)14/h1,5H. The first-order chi connectivity index (χ1) is 6.45. The van der Waals surface area contributed by atoms with E-state index in [1.807, 2.05) is 0 Å². The summed E-state index contributed by atoms with van der Waals surface area (Å²) in [6.07, 6.45) is -2.07. The van der Waals surface area contributed by atoms with E-state index in [-0.39, 0.29) is 8.59 Å². The van der Waals surface area contributed by atoms with E-state index in [1.165, 1.54) is 22.6 Å². The highest BCUT2D eigenvalue weighted by Crippen LogP contribution is 2.33.